The van der Waals surface area contributed by atoms with Gasteiger partial charge in [0.1, 0.15) is 34.4 Å². The van der Waals surface area contributed by atoms with Crippen LogP contribution in [0.3, 0.4) is 0 Å². The summed E-state index contributed by atoms with van der Waals surface area (Å²) in [6.07, 6.45) is -6.72. The molecule has 3 amide bonds. The third-order valence-corrected chi connectivity index (χ3v) is 11.9. The fraction of sp³-hybridized carbons (Fsp3) is 0.531. The van der Waals surface area contributed by atoms with Crippen molar-refractivity contribution in [3.63, 3.8) is 0 Å². The van der Waals surface area contributed by atoms with E-state index in [0.717, 1.165) is 41.0 Å². The summed E-state index contributed by atoms with van der Waals surface area (Å²) < 4.78 is 93.6. The van der Waals surface area contributed by atoms with Gasteiger partial charge in [-0.05, 0) is 81.1 Å². The van der Waals surface area contributed by atoms with Crippen LogP contribution in [0, 0.1) is 17.1 Å². The smallest absolute Gasteiger partial charge is 0.425 e. The lowest BCUT2D eigenvalue weighted by molar-refractivity contribution is -0.189. The number of carbonyl (C=O) groups excluding carboxylic acids is 3. The molecule has 2 saturated heterocycles. The molecule has 0 bridgehead atoms. The van der Waals surface area contributed by atoms with E-state index in [1.54, 1.807) is 20.8 Å². The highest BCUT2D eigenvalue weighted by molar-refractivity contribution is 9.10. The lowest BCUT2D eigenvalue weighted by Crippen LogP contribution is -2.69. The van der Waals surface area contributed by atoms with E-state index in [1.165, 1.54) is 6.20 Å². The molecule has 1 saturated carbocycles. The number of nitrogens with zero attached hydrogens (tertiary/aromatic N) is 4. The number of amides is 3. The number of ether oxygens (including phenoxy) is 2. The summed E-state index contributed by atoms with van der Waals surface area (Å²) in [6, 6.07) is 4.39. The molecule has 12 nitrogen and oxygen atoms in total. The highest BCUT2D eigenvalue weighted by Crippen LogP contribution is 2.46. The number of hydrogen-bond donors (Lipinski definition) is 1. The van der Waals surface area contributed by atoms with Crippen molar-refractivity contribution < 1.29 is 49.8 Å². The second-order valence-electron chi connectivity index (χ2n) is 13.7. The van der Waals surface area contributed by atoms with Gasteiger partial charge in [-0.1, -0.05) is 11.6 Å². The second kappa shape index (κ2) is 13.4. The average Bonchev–Trinajstić information content (AvgIpc) is 3.60. The van der Waals surface area contributed by atoms with Crippen LogP contribution in [-0.2, 0) is 29.7 Å². The van der Waals surface area contributed by atoms with Crippen molar-refractivity contribution in [1.29, 1.82) is 5.26 Å². The van der Waals surface area contributed by atoms with E-state index in [4.69, 9.17) is 21.1 Å². The standard InChI is InChI=1S/C32H33BrClF4N5O7S/c1-17(32(36,37)38)49-19-5-6-24(21(34)12-19)51(47,48)20-13-23(26(44)41-30(16-39)7-8-30)42(15-20)27(45)31(25-22(35)11-18(33)14-40-25)9-10-43(31)28(46)50-29(2,3)4/h5-6,11-12,14,17,20,23H,7-10,13,15H2,1-4H3,(H,41,44). The van der Waals surface area contributed by atoms with Crippen LogP contribution in [-0.4, -0.2) is 88.9 Å². The zero-order valence-electron chi connectivity index (χ0n) is 27.7. The van der Waals surface area contributed by atoms with Gasteiger partial charge in [-0.15, -0.1) is 0 Å². The van der Waals surface area contributed by atoms with Crippen molar-refractivity contribution in [1.82, 2.24) is 20.1 Å². The molecule has 4 unspecified atom stereocenters. The van der Waals surface area contributed by atoms with Gasteiger partial charge < -0.3 is 19.7 Å². The molecule has 3 fully saturated rings. The molecule has 4 atom stereocenters. The van der Waals surface area contributed by atoms with Gasteiger partial charge in [0.15, 0.2) is 21.5 Å². The first-order valence-electron chi connectivity index (χ1n) is 15.7. The number of nitrogens with one attached hydrogen (secondary N) is 1. The summed E-state index contributed by atoms with van der Waals surface area (Å²) in [4.78, 5) is 47.6. The predicted molar refractivity (Wildman–Crippen MR) is 176 cm³/mol. The summed E-state index contributed by atoms with van der Waals surface area (Å²) in [5, 5.41) is 10.2. The van der Waals surface area contributed by atoms with Gasteiger partial charge in [0.2, 0.25) is 5.91 Å². The number of aromatic nitrogens is 1. The number of sulfone groups is 1. The zero-order valence-corrected chi connectivity index (χ0v) is 30.8. The second-order valence-corrected chi connectivity index (χ2v) is 17.2. The highest BCUT2D eigenvalue weighted by atomic mass is 79.9. The van der Waals surface area contributed by atoms with Crippen LogP contribution in [0.4, 0.5) is 22.4 Å². The van der Waals surface area contributed by atoms with Crippen molar-refractivity contribution in [3.05, 3.63) is 51.5 Å². The van der Waals surface area contributed by atoms with E-state index in [2.05, 4.69) is 26.2 Å². The number of nitriles is 1. The predicted octanol–water partition coefficient (Wildman–Crippen LogP) is 5.42. The molecule has 0 radical (unpaired) electrons. The molecule has 276 valence electrons. The number of alkyl halides is 3. The van der Waals surface area contributed by atoms with Gasteiger partial charge in [0, 0.05) is 36.2 Å². The van der Waals surface area contributed by atoms with Crippen molar-refractivity contribution in [2.75, 3.05) is 13.1 Å². The number of likely N-dealkylation sites (tertiary alicyclic amines) is 2. The molecule has 1 aliphatic carbocycles. The molecule has 2 aliphatic heterocycles. The lowest BCUT2D eigenvalue weighted by atomic mass is 9.79. The van der Waals surface area contributed by atoms with E-state index in [1.807, 2.05) is 6.07 Å². The maximum Gasteiger partial charge on any atom is 0.425 e. The molecule has 1 N–H and O–H groups in total. The average molecular weight is 823 g/mol. The molecule has 19 heteroatoms. The van der Waals surface area contributed by atoms with Gasteiger partial charge >= 0.3 is 12.3 Å². The summed E-state index contributed by atoms with van der Waals surface area (Å²) in [5.74, 6) is -3.18. The van der Waals surface area contributed by atoms with Crippen LogP contribution in [0.5, 0.6) is 5.75 Å². The topological polar surface area (TPSA) is 159 Å². The normalized spacial score (nSPS) is 23.5. The molecule has 51 heavy (non-hydrogen) atoms. The fourth-order valence-corrected chi connectivity index (χ4v) is 8.51. The first-order valence-corrected chi connectivity index (χ1v) is 18.4. The fourth-order valence-electron chi connectivity index (χ4n) is 5.98. The number of halogens is 6. The van der Waals surface area contributed by atoms with E-state index in [-0.39, 0.29) is 23.2 Å². The van der Waals surface area contributed by atoms with Crippen LogP contribution in [0.25, 0.3) is 0 Å². The summed E-state index contributed by atoms with van der Waals surface area (Å²) in [6.45, 7) is 4.82. The van der Waals surface area contributed by atoms with E-state index < -0.39 is 102 Å². The zero-order chi connectivity index (χ0) is 37.9. The Hall–Kier alpha value is -3.69. The van der Waals surface area contributed by atoms with Crippen LogP contribution < -0.4 is 10.1 Å². The number of hydrogen-bond acceptors (Lipinski definition) is 9. The van der Waals surface area contributed by atoms with Crippen LogP contribution in [0.1, 0.15) is 59.1 Å². The molecular weight excluding hydrogens is 790 g/mol. The van der Waals surface area contributed by atoms with Crippen molar-refractivity contribution in [3.8, 4) is 11.8 Å². The first-order chi connectivity index (χ1) is 23.5. The molecule has 3 heterocycles. The minimum absolute atomic E-state index is 0.0706. The molecule has 1 aromatic carbocycles. The van der Waals surface area contributed by atoms with Crippen molar-refractivity contribution in [2.24, 2.45) is 0 Å². The molecule has 3 aliphatic rings. The number of pyridine rings is 1. The van der Waals surface area contributed by atoms with Gasteiger partial charge in [-0.25, -0.2) is 17.6 Å². The summed E-state index contributed by atoms with van der Waals surface area (Å²) in [7, 11) is -4.53. The minimum atomic E-state index is -4.71. The van der Waals surface area contributed by atoms with Gasteiger partial charge in [-0.3, -0.25) is 19.5 Å². The van der Waals surface area contributed by atoms with Gasteiger partial charge in [0.25, 0.3) is 5.91 Å². The third-order valence-electron chi connectivity index (χ3n) is 8.90. The molecule has 0 spiro atoms. The lowest BCUT2D eigenvalue weighted by Gasteiger charge is -2.52. The summed E-state index contributed by atoms with van der Waals surface area (Å²) in [5.41, 5.74) is -4.85. The molecule has 1 aromatic heterocycles. The Morgan fingerprint density at radius 2 is 1.84 bits per heavy atom. The Morgan fingerprint density at radius 1 is 1.18 bits per heavy atom. The van der Waals surface area contributed by atoms with Gasteiger partial charge in [-0.2, -0.15) is 18.4 Å². The Balaban J connectivity index is 1.55. The van der Waals surface area contributed by atoms with Crippen LogP contribution in [0.15, 0.2) is 39.8 Å². The monoisotopic (exact) mass is 821 g/mol. The van der Waals surface area contributed by atoms with E-state index >= 15 is 4.39 Å². The minimum Gasteiger partial charge on any atom is -0.481 e. The van der Waals surface area contributed by atoms with E-state index in [0.29, 0.717) is 12.8 Å². The quantitative estimate of drug-likeness (QED) is 0.344. The van der Waals surface area contributed by atoms with Crippen molar-refractivity contribution in [2.45, 2.75) is 98.5 Å². The third kappa shape index (κ3) is 7.47. The number of rotatable bonds is 8. The van der Waals surface area contributed by atoms with Gasteiger partial charge in [0.05, 0.1) is 21.2 Å². The van der Waals surface area contributed by atoms with Crippen molar-refractivity contribution >= 4 is 55.3 Å². The van der Waals surface area contributed by atoms with Crippen LogP contribution in [0.2, 0.25) is 5.02 Å². The maximum absolute atomic E-state index is 15.7. The Labute approximate surface area is 304 Å². The Kier molecular flexibility index (Phi) is 10.1. The van der Waals surface area contributed by atoms with E-state index in [9.17, 15) is 41.2 Å². The summed E-state index contributed by atoms with van der Waals surface area (Å²) >= 11 is 9.40. The Morgan fingerprint density at radius 3 is 2.35 bits per heavy atom. The highest BCUT2D eigenvalue weighted by Gasteiger charge is 2.62. The maximum atomic E-state index is 15.7. The first kappa shape index (κ1) is 38.5. The number of benzene rings is 1. The van der Waals surface area contributed by atoms with Crippen LogP contribution >= 0.6 is 27.5 Å². The number of carbonyl (C=O) groups is 3. The largest absolute Gasteiger partial charge is 0.481 e. The molecular formula is C32H33BrClF4N5O7S. The Bertz CT molecular complexity index is 1920. The molecule has 5 rings (SSSR count). The molecule has 2 aromatic rings. The SMILES string of the molecule is CC(Oc1ccc(S(=O)(=O)C2CC(C(=O)NC3(C#N)CC3)N(C(=O)C3(c4ncc(Br)cc4F)CCN3C(=O)OC(C)(C)C)C2)c(Cl)c1)C(F)(F)F.